The third-order valence-electron chi connectivity index (χ3n) is 4.83. The van der Waals surface area contributed by atoms with E-state index in [1.54, 1.807) is 6.26 Å². The first-order valence-corrected chi connectivity index (χ1v) is 9.65. The second-order valence-corrected chi connectivity index (χ2v) is 7.96. The summed E-state index contributed by atoms with van der Waals surface area (Å²) in [6.45, 7) is 4.36. The van der Waals surface area contributed by atoms with Gasteiger partial charge in [0.2, 0.25) is 0 Å². The van der Waals surface area contributed by atoms with E-state index in [1.807, 2.05) is 12.3 Å². The maximum atomic E-state index is 11.4. The van der Waals surface area contributed by atoms with E-state index >= 15 is 0 Å². The molecule has 0 aliphatic heterocycles. The van der Waals surface area contributed by atoms with Crippen molar-refractivity contribution in [1.29, 1.82) is 0 Å². The Kier molecular flexibility index (Phi) is 5.94. The van der Waals surface area contributed by atoms with Crippen LogP contribution in [0.15, 0.2) is 18.3 Å². The number of hydrogen-bond acceptors (Lipinski definition) is 3. The van der Waals surface area contributed by atoms with E-state index in [2.05, 4.69) is 36.8 Å². The zero-order chi connectivity index (χ0) is 15.4. The quantitative estimate of drug-likeness (QED) is 0.838. The second kappa shape index (κ2) is 7.50. The molecule has 3 nitrogen and oxygen atoms in total. The molecule has 4 heteroatoms. The van der Waals surface area contributed by atoms with Gasteiger partial charge in [-0.3, -0.25) is 14.1 Å². The first kappa shape index (κ1) is 16.6. The summed E-state index contributed by atoms with van der Waals surface area (Å²) >= 11 is 0. The van der Waals surface area contributed by atoms with E-state index in [-0.39, 0.29) is 0 Å². The van der Waals surface area contributed by atoms with Crippen molar-refractivity contribution in [3.8, 4) is 0 Å². The molecule has 0 amide bonds. The topological polar surface area (TPSA) is 33.2 Å². The lowest BCUT2D eigenvalue weighted by molar-refractivity contribution is 0.146. The third kappa shape index (κ3) is 4.36. The average molecular weight is 308 g/mol. The Morgan fingerprint density at radius 2 is 2.24 bits per heavy atom. The van der Waals surface area contributed by atoms with Crippen molar-refractivity contribution < 1.29 is 4.21 Å². The van der Waals surface area contributed by atoms with Crippen LogP contribution in [0, 0.1) is 6.92 Å². The van der Waals surface area contributed by atoms with Gasteiger partial charge in [-0.25, -0.2) is 0 Å². The van der Waals surface area contributed by atoms with Crippen molar-refractivity contribution >= 4 is 10.8 Å². The van der Waals surface area contributed by atoms with Gasteiger partial charge in [-0.15, -0.1) is 0 Å². The predicted octanol–water partition coefficient (Wildman–Crippen LogP) is 3.12. The van der Waals surface area contributed by atoms with Crippen LogP contribution in [0.1, 0.15) is 49.8 Å². The predicted molar refractivity (Wildman–Crippen MR) is 90.1 cm³/mol. The Morgan fingerprint density at radius 3 is 2.90 bits per heavy atom. The molecule has 0 radical (unpaired) electrons. The van der Waals surface area contributed by atoms with Crippen LogP contribution in [0.4, 0.5) is 0 Å². The highest BCUT2D eigenvalue weighted by Crippen LogP contribution is 2.35. The molecule has 1 saturated carbocycles. The van der Waals surface area contributed by atoms with Crippen molar-refractivity contribution in [3.63, 3.8) is 0 Å². The lowest BCUT2D eigenvalue weighted by Gasteiger charge is -2.38. The number of hydrogen-bond donors (Lipinski definition) is 0. The highest BCUT2D eigenvalue weighted by molar-refractivity contribution is 7.84. The smallest absolute Gasteiger partial charge is 0.0464 e. The highest BCUT2D eigenvalue weighted by atomic mass is 32.2. The summed E-state index contributed by atoms with van der Waals surface area (Å²) in [7, 11) is 1.47. The van der Waals surface area contributed by atoms with E-state index in [9.17, 15) is 4.21 Å². The second-order valence-electron chi connectivity index (χ2n) is 6.48. The SMILES string of the molecule is Cc1cccnc1[C@@H]1CCC[C@H](N(C)[C@H](C)C[S@](C)=O)C1. The van der Waals surface area contributed by atoms with Gasteiger partial charge in [0.15, 0.2) is 0 Å². The monoisotopic (exact) mass is 308 g/mol. The highest BCUT2D eigenvalue weighted by Gasteiger charge is 2.29. The minimum absolute atomic E-state index is 0.379. The first-order chi connectivity index (χ1) is 9.99. The van der Waals surface area contributed by atoms with Gasteiger partial charge in [0.05, 0.1) is 0 Å². The minimum atomic E-state index is -0.723. The Hall–Kier alpha value is -0.740. The fraction of sp³-hybridized carbons (Fsp3) is 0.706. The normalized spacial score (nSPS) is 25.8. The Labute approximate surface area is 131 Å². The number of pyridine rings is 1. The van der Waals surface area contributed by atoms with Gasteiger partial charge in [0.25, 0.3) is 0 Å². The molecule has 0 saturated heterocycles. The molecule has 4 atom stereocenters. The van der Waals surface area contributed by atoms with Crippen LogP contribution in [-0.4, -0.2) is 45.2 Å². The summed E-state index contributed by atoms with van der Waals surface area (Å²) in [5.41, 5.74) is 2.59. The van der Waals surface area contributed by atoms with Crippen LogP contribution in [0.25, 0.3) is 0 Å². The molecule has 0 N–H and O–H groups in total. The van der Waals surface area contributed by atoms with Crippen molar-refractivity contribution in [2.45, 2.75) is 57.5 Å². The molecule has 1 heterocycles. The minimum Gasteiger partial charge on any atom is -0.300 e. The average Bonchev–Trinajstić information content (AvgIpc) is 2.46. The molecule has 0 bridgehead atoms. The molecule has 1 aliphatic rings. The van der Waals surface area contributed by atoms with Gasteiger partial charge in [-0.1, -0.05) is 12.5 Å². The summed E-state index contributed by atoms with van der Waals surface area (Å²) in [5, 5.41) is 0. The zero-order valence-electron chi connectivity index (χ0n) is 13.7. The molecule has 2 rings (SSSR count). The standard InChI is InChI=1S/C17H28N2OS/c1-13-7-6-10-18-17(13)15-8-5-9-16(11-15)19(3)14(2)12-21(4)20/h6-7,10,14-16H,5,8-9,11-12H2,1-4H3/t14-,15-,16+,21+/m1/s1. The molecule has 1 aromatic heterocycles. The van der Waals surface area contributed by atoms with Gasteiger partial charge < -0.3 is 0 Å². The zero-order valence-corrected chi connectivity index (χ0v) is 14.5. The third-order valence-corrected chi connectivity index (χ3v) is 5.78. The molecule has 0 aromatic carbocycles. The molecule has 0 spiro atoms. The maximum absolute atomic E-state index is 11.4. The van der Waals surface area contributed by atoms with Crippen LogP contribution in [0.2, 0.25) is 0 Å². The van der Waals surface area contributed by atoms with E-state index < -0.39 is 10.8 Å². The largest absolute Gasteiger partial charge is 0.300 e. The molecular formula is C17H28N2OS. The fourth-order valence-electron chi connectivity index (χ4n) is 3.52. The molecular weight excluding hydrogens is 280 g/mol. The van der Waals surface area contributed by atoms with Gasteiger partial charge in [-0.2, -0.15) is 0 Å². The number of aromatic nitrogens is 1. The number of aryl methyl sites for hydroxylation is 1. The Balaban J connectivity index is 2.04. The van der Waals surface area contributed by atoms with Gasteiger partial charge in [0, 0.05) is 52.7 Å². The van der Waals surface area contributed by atoms with Crippen molar-refractivity contribution in [1.82, 2.24) is 9.88 Å². The van der Waals surface area contributed by atoms with Crippen LogP contribution in [0.3, 0.4) is 0 Å². The number of rotatable bonds is 5. The Morgan fingerprint density at radius 1 is 1.48 bits per heavy atom. The molecule has 1 aromatic rings. The number of nitrogens with zero attached hydrogens (tertiary/aromatic N) is 2. The maximum Gasteiger partial charge on any atom is 0.0464 e. The van der Waals surface area contributed by atoms with Crippen LogP contribution in [-0.2, 0) is 10.8 Å². The summed E-state index contributed by atoms with van der Waals surface area (Å²) in [6.07, 6.45) is 8.65. The molecule has 21 heavy (non-hydrogen) atoms. The summed E-state index contributed by atoms with van der Waals surface area (Å²) in [6, 6.07) is 5.15. The van der Waals surface area contributed by atoms with E-state index in [1.165, 1.54) is 36.9 Å². The fourth-order valence-corrected chi connectivity index (χ4v) is 4.44. The Bertz CT molecular complexity index is 491. The van der Waals surface area contributed by atoms with E-state index in [0.717, 1.165) is 5.75 Å². The van der Waals surface area contributed by atoms with E-state index in [4.69, 9.17) is 0 Å². The molecule has 1 aliphatic carbocycles. The summed E-state index contributed by atoms with van der Waals surface area (Å²) in [4.78, 5) is 7.06. The van der Waals surface area contributed by atoms with Crippen molar-refractivity contribution in [3.05, 3.63) is 29.6 Å². The lowest BCUT2D eigenvalue weighted by atomic mass is 9.81. The first-order valence-electron chi connectivity index (χ1n) is 7.92. The summed E-state index contributed by atoms with van der Waals surface area (Å²) < 4.78 is 11.4. The van der Waals surface area contributed by atoms with Crippen LogP contribution >= 0.6 is 0 Å². The summed E-state index contributed by atoms with van der Waals surface area (Å²) in [5.74, 6) is 1.34. The molecule has 0 unspecified atom stereocenters. The van der Waals surface area contributed by atoms with Crippen molar-refractivity contribution in [2.24, 2.45) is 0 Å². The molecule has 1 fully saturated rings. The van der Waals surface area contributed by atoms with Crippen LogP contribution < -0.4 is 0 Å². The van der Waals surface area contributed by atoms with E-state index in [0.29, 0.717) is 18.0 Å². The van der Waals surface area contributed by atoms with Gasteiger partial charge >= 0.3 is 0 Å². The molecule has 118 valence electrons. The van der Waals surface area contributed by atoms with Crippen LogP contribution in [0.5, 0.6) is 0 Å². The van der Waals surface area contributed by atoms with Crippen molar-refractivity contribution in [2.75, 3.05) is 19.1 Å². The lowest BCUT2D eigenvalue weighted by Crippen LogP contribution is -2.43. The van der Waals surface area contributed by atoms with Gasteiger partial charge in [0.1, 0.15) is 0 Å². The van der Waals surface area contributed by atoms with Gasteiger partial charge in [-0.05, 0) is 51.8 Å².